The van der Waals surface area contributed by atoms with Gasteiger partial charge < -0.3 is 20.1 Å². The Morgan fingerprint density at radius 2 is 2.00 bits per heavy atom. The second-order valence-corrected chi connectivity index (χ2v) is 4.53. The first-order chi connectivity index (χ1) is 10.2. The minimum absolute atomic E-state index is 0.109. The van der Waals surface area contributed by atoms with Crippen molar-refractivity contribution in [2.24, 2.45) is 0 Å². The number of para-hydroxylation sites is 1. The third-order valence-corrected chi connectivity index (χ3v) is 2.97. The predicted molar refractivity (Wildman–Crippen MR) is 79.2 cm³/mol. The fraction of sp³-hybridized carbons (Fsp3) is 0.0667. The highest BCUT2D eigenvalue weighted by Crippen LogP contribution is 2.16. The maximum atomic E-state index is 11.8. The lowest BCUT2D eigenvalue weighted by atomic mass is 10.3. The topological polar surface area (TPSA) is 78.7 Å². The third-order valence-electron chi connectivity index (χ3n) is 2.97. The summed E-state index contributed by atoms with van der Waals surface area (Å²) in [5, 5.41) is 15.1. The number of carbonyl (C=O) groups excluding carboxylic acids is 1. The molecule has 6 nitrogen and oxygen atoms in total. The number of benzene rings is 1. The monoisotopic (exact) mass is 282 g/mol. The molecule has 0 aliphatic rings. The number of anilines is 1. The van der Waals surface area contributed by atoms with Crippen molar-refractivity contribution in [3.8, 4) is 5.75 Å². The molecule has 0 saturated heterocycles. The summed E-state index contributed by atoms with van der Waals surface area (Å²) in [6.07, 6.45) is 3.55. The highest BCUT2D eigenvalue weighted by Gasteiger charge is 2.07. The summed E-state index contributed by atoms with van der Waals surface area (Å²) >= 11 is 0. The van der Waals surface area contributed by atoms with Gasteiger partial charge in [0.2, 0.25) is 0 Å². The maximum Gasteiger partial charge on any atom is 0.319 e. The zero-order chi connectivity index (χ0) is 14.7. The molecule has 3 N–H and O–H groups in total. The molecule has 21 heavy (non-hydrogen) atoms. The van der Waals surface area contributed by atoms with Crippen molar-refractivity contribution in [2.45, 2.75) is 6.54 Å². The molecule has 0 aliphatic heterocycles. The average molecular weight is 282 g/mol. The van der Waals surface area contributed by atoms with Crippen molar-refractivity contribution in [3.05, 3.63) is 60.6 Å². The van der Waals surface area contributed by atoms with Crippen LogP contribution in [0.3, 0.4) is 0 Å². The Labute approximate surface area is 121 Å². The number of urea groups is 1. The van der Waals surface area contributed by atoms with Crippen LogP contribution >= 0.6 is 0 Å². The van der Waals surface area contributed by atoms with Gasteiger partial charge in [-0.2, -0.15) is 0 Å². The lowest BCUT2D eigenvalue weighted by molar-refractivity contribution is 0.251. The molecule has 6 heteroatoms. The first-order valence-corrected chi connectivity index (χ1v) is 6.48. The van der Waals surface area contributed by atoms with Crippen LogP contribution in [0.2, 0.25) is 0 Å². The van der Waals surface area contributed by atoms with Crippen LogP contribution in [-0.4, -0.2) is 20.5 Å². The molecule has 0 bridgehead atoms. The molecule has 0 saturated carbocycles. The van der Waals surface area contributed by atoms with Crippen LogP contribution in [0.4, 0.5) is 10.5 Å². The van der Waals surface area contributed by atoms with E-state index in [4.69, 9.17) is 0 Å². The van der Waals surface area contributed by atoms with Crippen molar-refractivity contribution in [3.63, 3.8) is 0 Å². The molecular formula is C15H14N4O2. The van der Waals surface area contributed by atoms with E-state index in [0.29, 0.717) is 11.3 Å². The second kappa shape index (κ2) is 5.54. The van der Waals surface area contributed by atoms with E-state index in [0.717, 1.165) is 5.69 Å². The van der Waals surface area contributed by atoms with Crippen molar-refractivity contribution in [1.82, 2.24) is 14.7 Å². The van der Waals surface area contributed by atoms with E-state index in [1.165, 1.54) is 0 Å². The van der Waals surface area contributed by atoms with Gasteiger partial charge >= 0.3 is 6.03 Å². The number of aromatic hydroxyl groups is 1. The van der Waals surface area contributed by atoms with Crippen molar-refractivity contribution in [1.29, 1.82) is 0 Å². The van der Waals surface area contributed by atoms with Gasteiger partial charge in [0.05, 0.1) is 12.2 Å². The van der Waals surface area contributed by atoms with Crippen LogP contribution in [0.25, 0.3) is 5.65 Å². The number of hydrogen-bond donors (Lipinski definition) is 3. The number of hydrogen-bond acceptors (Lipinski definition) is 3. The van der Waals surface area contributed by atoms with Crippen LogP contribution in [-0.2, 0) is 6.54 Å². The standard InChI is InChI=1S/C15H14N4O2/c20-13-7-4-8-19-10-12(17-14(13)19)9-16-15(21)18-11-5-2-1-3-6-11/h1-8,10,20H,9H2,(H2,16,18,21). The Morgan fingerprint density at radius 1 is 1.19 bits per heavy atom. The number of imidazole rings is 1. The molecule has 0 aliphatic carbocycles. The molecule has 3 rings (SSSR count). The molecule has 0 fully saturated rings. The third kappa shape index (κ3) is 2.94. The zero-order valence-electron chi connectivity index (χ0n) is 11.2. The van der Waals surface area contributed by atoms with Crippen LogP contribution in [0.5, 0.6) is 5.75 Å². The van der Waals surface area contributed by atoms with E-state index < -0.39 is 0 Å². The summed E-state index contributed by atoms with van der Waals surface area (Å²) < 4.78 is 1.71. The first-order valence-electron chi connectivity index (χ1n) is 6.48. The number of fused-ring (bicyclic) bond motifs is 1. The lowest BCUT2D eigenvalue weighted by Crippen LogP contribution is -2.28. The SMILES string of the molecule is O=C(NCc1cn2cccc(O)c2n1)Nc1ccccc1. The lowest BCUT2D eigenvalue weighted by Gasteiger charge is -2.05. The van der Waals surface area contributed by atoms with Gasteiger partial charge in [0.25, 0.3) is 0 Å². The van der Waals surface area contributed by atoms with Gasteiger partial charge in [-0.15, -0.1) is 0 Å². The summed E-state index contributed by atoms with van der Waals surface area (Å²) in [6.45, 7) is 0.278. The van der Waals surface area contributed by atoms with Crippen LogP contribution in [0.1, 0.15) is 5.69 Å². The molecule has 106 valence electrons. The molecule has 2 heterocycles. The summed E-state index contributed by atoms with van der Waals surface area (Å²) in [6, 6.07) is 12.2. The molecule has 0 atom stereocenters. The van der Waals surface area contributed by atoms with E-state index in [-0.39, 0.29) is 18.3 Å². The highest BCUT2D eigenvalue weighted by atomic mass is 16.3. The second-order valence-electron chi connectivity index (χ2n) is 4.53. The molecule has 0 radical (unpaired) electrons. The fourth-order valence-electron chi connectivity index (χ4n) is 2.00. The maximum absolute atomic E-state index is 11.8. The van der Waals surface area contributed by atoms with Gasteiger partial charge in [0.1, 0.15) is 0 Å². The number of pyridine rings is 1. The molecule has 0 unspecified atom stereocenters. The predicted octanol–water partition coefficient (Wildman–Crippen LogP) is 2.36. The molecule has 2 amide bonds. The van der Waals surface area contributed by atoms with Gasteiger partial charge in [-0.1, -0.05) is 18.2 Å². The number of carbonyl (C=O) groups is 1. The minimum Gasteiger partial charge on any atom is -0.504 e. The zero-order valence-corrected chi connectivity index (χ0v) is 11.2. The van der Waals surface area contributed by atoms with Crippen LogP contribution in [0.15, 0.2) is 54.9 Å². The van der Waals surface area contributed by atoms with Gasteiger partial charge in [0, 0.05) is 18.1 Å². The normalized spacial score (nSPS) is 10.5. The average Bonchev–Trinajstić information content (AvgIpc) is 2.91. The van der Waals surface area contributed by atoms with Gasteiger partial charge in [-0.3, -0.25) is 0 Å². The van der Waals surface area contributed by atoms with E-state index in [9.17, 15) is 9.90 Å². The summed E-state index contributed by atoms with van der Waals surface area (Å²) in [5.74, 6) is 0.109. The molecular weight excluding hydrogens is 268 g/mol. The van der Waals surface area contributed by atoms with Gasteiger partial charge in [-0.25, -0.2) is 9.78 Å². The van der Waals surface area contributed by atoms with Gasteiger partial charge in [-0.05, 0) is 24.3 Å². The smallest absolute Gasteiger partial charge is 0.319 e. The van der Waals surface area contributed by atoms with E-state index in [2.05, 4.69) is 15.6 Å². The number of amides is 2. The molecule has 0 spiro atoms. The van der Waals surface area contributed by atoms with Crippen LogP contribution in [0, 0.1) is 0 Å². The van der Waals surface area contributed by atoms with Crippen LogP contribution < -0.4 is 10.6 Å². The Hall–Kier alpha value is -3.02. The highest BCUT2D eigenvalue weighted by molar-refractivity contribution is 5.89. The van der Waals surface area contributed by atoms with Crippen molar-refractivity contribution >= 4 is 17.4 Å². The minimum atomic E-state index is -0.303. The summed E-state index contributed by atoms with van der Waals surface area (Å²) in [4.78, 5) is 16.0. The Kier molecular flexibility index (Phi) is 3.42. The van der Waals surface area contributed by atoms with Gasteiger partial charge in [0.15, 0.2) is 11.4 Å². The molecule has 2 aromatic heterocycles. The first kappa shape index (κ1) is 13.0. The quantitative estimate of drug-likeness (QED) is 0.690. The number of nitrogens with one attached hydrogen (secondary N) is 2. The fourth-order valence-corrected chi connectivity index (χ4v) is 2.00. The van der Waals surface area contributed by atoms with Crippen molar-refractivity contribution < 1.29 is 9.90 Å². The molecule has 3 aromatic rings. The largest absolute Gasteiger partial charge is 0.504 e. The number of aromatic nitrogens is 2. The number of nitrogens with zero attached hydrogens (tertiary/aromatic N) is 2. The van der Waals surface area contributed by atoms with E-state index in [1.807, 2.05) is 30.3 Å². The Morgan fingerprint density at radius 3 is 2.76 bits per heavy atom. The molecule has 1 aromatic carbocycles. The van der Waals surface area contributed by atoms with Crippen molar-refractivity contribution in [2.75, 3.05) is 5.32 Å². The van der Waals surface area contributed by atoms with E-state index in [1.54, 1.807) is 28.9 Å². The summed E-state index contributed by atoms with van der Waals surface area (Å²) in [5.41, 5.74) is 1.86. The Bertz CT molecular complexity index is 768. The van der Waals surface area contributed by atoms with E-state index >= 15 is 0 Å². The summed E-state index contributed by atoms with van der Waals surface area (Å²) in [7, 11) is 0. The number of rotatable bonds is 3. The Balaban J connectivity index is 1.64.